The summed E-state index contributed by atoms with van der Waals surface area (Å²) in [5.74, 6) is -13.6. The molecule has 5 fully saturated rings. The van der Waals surface area contributed by atoms with Gasteiger partial charge in [0, 0.05) is 110 Å². The number of ether oxygens (including phenoxy) is 1. The number of halogens is 9. The molecule has 1 amide bonds. The topological polar surface area (TPSA) is 148 Å². The highest BCUT2D eigenvalue weighted by molar-refractivity contribution is 6.64. The summed E-state index contributed by atoms with van der Waals surface area (Å²) in [6, 6.07) is 0. The fourth-order valence-electron chi connectivity index (χ4n) is 5.35. The van der Waals surface area contributed by atoms with E-state index in [1.807, 2.05) is 11.9 Å². The molecule has 314 valence electrons. The van der Waals surface area contributed by atoms with Crippen LogP contribution in [0.2, 0.25) is 0 Å². The number of aliphatic hydroxyl groups is 3. The normalized spacial score (nSPS) is 21.9. The standard InChI is InChI=1S/C8H13F2NO2.C8H15F2NO.C5H5ClF2O.C5H6F2O2.C4H8O.C4H10O/c1-11(2-3-12)7(13)6-4-8(9,10)5-6;1-11(2-3-12)6-7-4-8(9,10)5-7;6-4(9)3-1-5(7,8)2-3;6-5(7)1-3(2-5)4(8)9;1-2-4-5-3-1;1-2-3-4-5/h6,12H,2-5H2,1H3;7,12H,2-6H2,1H3;3H,1-2H2;3H,1-2H2,(H,8,9);1-4H2;5H,2-4H2,1H3. The van der Waals surface area contributed by atoms with Gasteiger partial charge in [0.2, 0.25) is 34.8 Å². The summed E-state index contributed by atoms with van der Waals surface area (Å²) in [7, 11) is 3.35. The molecule has 4 N–H and O–H groups in total. The summed E-state index contributed by atoms with van der Waals surface area (Å²) in [5, 5.41) is 32.6. The number of rotatable bonds is 11. The van der Waals surface area contributed by atoms with Crippen molar-refractivity contribution in [3.63, 3.8) is 0 Å². The van der Waals surface area contributed by atoms with Gasteiger partial charge in [0.25, 0.3) is 0 Å². The predicted molar refractivity (Wildman–Crippen MR) is 181 cm³/mol. The van der Waals surface area contributed by atoms with Gasteiger partial charge in [0.05, 0.1) is 19.1 Å². The Hall–Kier alpha value is -1.86. The Kier molecular flexibility index (Phi) is 23.7. The first-order valence-electron chi connectivity index (χ1n) is 17.7. The van der Waals surface area contributed by atoms with Gasteiger partial charge in [0.1, 0.15) is 0 Å². The molecular weight excluding hydrogens is 752 g/mol. The molecular formula is C34H57ClF8N2O8. The van der Waals surface area contributed by atoms with Crippen molar-refractivity contribution in [1.29, 1.82) is 0 Å². The van der Waals surface area contributed by atoms with E-state index in [4.69, 9.17) is 36.8 Å². The SMILES string of the molecule is C1CCOC1.CCCCO.CN(CCO)C(=O)C1CC(F)(F)C1.CN(CCO)CC1CC(F)(F)C1.O=C(Cl)C1CC(F)(F)C1.O=C(O)C1CC(F)(F)C1. The summed E-state index contributed by atoms with van der Waals surface area (Å²) in [6.45, 7) is 5.82. The molecule has 4 saturated carbocycles. The number of hydrogen-bond acceptors (Lipinski definition) is 8. The lowest BCUT2D eigenvalue weighted by Crippen LogP contribution is -2.46. The molecule has 0 aromatic rings. The van der Waals surface area contributed by atoms with E-state index in [0.717, 1.165) is 26.1 Å². The summed E-state index contributed by atoms with van der Waals surface area (Å²) < 4.78 is 102. The fraction of sp³-hybridized carbons (Fsp3) is 0.912. The predicted octanol–water partition coefficient (Wildman–Crippen LogP) is 5.93. The number of carboxylic acid groups (broad SMARTS) is 1. The van der Waals surface area contributed by atoms with Crippen LogP contribution in [-0.4, -0.2) is 138 Å². The van der Waals surface area contributed by atoms with Gasteiger partial charge in [-0.1, -0.05) is 13.3 Å². The van der Waals surface area contributed by atoms with E-state index in [1.54, 1.807) is 0 Å². The van der Waals surface area contributed by atoms with Crippen LogP contribution in [0.3, 0.4) is 0 Å². The molecule has 0 unspecified atom stereocenters. The second-order valence-electron chi connectivity index (χ2n) is 14.0. The van der Waals surface area contributed by atoms with E-state index in [1.165, 1.54) is 24.8 Å². The van der Waals surface area contributed by atoms with Crippen molar-refractivity contribution >= 4 is 28.7 Å². The minimum Gasteiger partial charge on any atom is -0.481 e. The Morgan fingerprint density at radius 2 is 1.09 bits per heavy atom. The molecule has 0 atom stereocenters. The second-order valence-corrected chi connectivity index (χ2v) is 14.4. The van der Waals surface area contributed by atoms with E-state index in [2.05, 4.69) is 6.92 Å². The molecule has 19 heteroatoms. The minimum atomic E-state index is -2.71. The molecule has 53 heavy (non-hydrogen) atoms. The zero-order chi connectivity index (χ0) is 41.0. The van der Waals surface area contributed by atoms with Crippen molar-refractivity contribution in [1.82, 2.24) is 9.80 Å². The molecule has 0 aromatic carbocycles. The number of nitrogens with zero attached hydrogens (tertiary/aromatic N) is 2. The molecule has 5 rings (SSSR count). The van der Waals surface area contributed by atoms with Gasteiger partial charge in [-0.2, -0.15) is 0 Å². The third-order valence-electron chi connectivity index (χ3n) is 8.67. The average molecular weight is 809 g/mol. The van der Waals surface area contributed by atoms with E-state index in [9.17, 15) is 49.5 Å². The Morgan fingerprint density at radius 1 is 0.679 bits per heavy atom. The van der Waals surface area contributed by atoms with Crippen LogP contribution in [-0.2, 0) is 19.1 Å². The largest absolute Gasteiger partial charge is 0.481 e. The van der Waals surface area contributed by atoms with Gasteiger partial charge < -0.3 is 35.0 Å². The van der Waals surface area contributed by atoms with Gasteiger partial charge in [0.15, 0.2) is 0 Å². The fourth-order valence-corrected chi connectivity index (χ4v) is 5.50. The van der Waals surface area contributed by atoms with E-state index in [0.29, 0.717) is 19.7 Å². The molecule has 0 aromatic heterocycles. The number of aliphatic carboxylic acids is 1. The quantitative estimate of drug-likeness (QED) is 0.147. The van der Waals surface area contributed by atoms with Gasteiger partial charge >= 0.3 is 5.97 Å². The van der Waals surface area contributed by atoms with Crippen molar-refractivity contribution in [2.24, 2.45) is 23.7 Å². The third kappa shape index (κ3) is 23.0. The molecule has 0 spiro atoms. The smallest absolute Gasteiger partial charge is 0.306 e. The van der Waals surface area contributed by atoms with Gasteiger partial charge in [-0.25, -0.2) is 35.1 Å². The summed E-state index contributed by atoms with van der Waals surface area (Å²) in [6.07, 6.45) is 2.24. The molecule has 0 radical (unpaired) electrons. The van der Waals surface area contributed by atoms with Crippen LogP contribution in [0.5, 0.6) is 0 Å². The van der Waals surface area contributed by atoms with Crippen molar-refractivity contribution in [3.05, 3.63) is 0 Å². The second kappa shape index (κ2) is 24.6. The van der Waals surface area contributed by atoms with Gasteiger partial charge in [-0.15, -0.1) is 0 Å². The highest BCUT2D eigenvalue weighted by Gasteiger charge is 2.50. The maximum absolute atomic E-state index is 12.4. The number of likely N-dealkylation sites (N-methyl/N-ethyl adjacent to an activating group) is 2. The number of aliphatic hydroxyl groups excluding tert-OH is 3. The summed E-state index contributed by atoms with van der Waals surface area (Å²) >= 11 is 4.93. The molecule has 0 bridgehead atoms. The molecule has 1 heterocycles. The third-order valence-corrected chi connectivity index (χ3v) is 8.98. The van der Waals surface area contributed by atoms with Crippen LogP contribution in [0.15, 0.2) is 0 Å². The Bertz CT molecular complexity index is 1000. The lowest BCUT2D eigenvalue weighted by molar-refractivity contribution is -0.165. The van der Waals surface area contributed by atoms with Crippen LogP contribution < -0.4 is 0 Å². The molecule has 10 nitrogen and oxygen atoms in total. The number of amides is 1. The van der Waals surface area contributed by atoms with Crippen molar-refractivity contribution < 1.29 is 74.7 Å². The number of unbranched alkanes of at least 4 members (excludes halogenated alkanes) is 1. The van der Waals surface area contributed by atoms with Crippen molar-refractivity contribution in [2.75, 3.05) is 66.8 Å². The van der Waals surface area contributed by atoms with Crippen molar-refractivity contribution in [2.45, 2.75) is 108 Å². The van der Waals surface area contributed by atoms with Crippen LogP contribution in [0.1, 0.15) is 84.0 Å². The summed E-state index contributed by atoms with van der Waals surface area (Å²) in [5.41, 5.74) is 0. The first kappa shape index (κ1) is 51.1. The van der Waals surface area contributed by atoms with E-state index < -0.39 is 65.5 Å². The van der Waals surface area contributed by atoms with Crippen LogP contribution >= 0.6 is 11.6 Å². The Morgan fingerprint density at radius 3 is 1.34 bits per heavy atom. The first-order valence-corrected chi connectivity index (χ1v) is 18.1. The average Bonchev–Trinajstić information content (AvgIpc) is 3.59. The number of carbonyl (C=O) groups excluding carboxylic acids is 2. The van der Waals surface area contributed by atoms with Gasteiger partial charge in [-0.05, 0) is 43.8 Å². The lowest BCUT2D eigenvalue weighted by Gasteiger charge is -2.37. The maximum atomic E-state index is 12.4. The monoisotopic (exact) mass is 808 g/mol. The zero-order valence-corrected chi connectivity index (χ0v) is 31.4. The number of carboxylic acids is 1. The van der Waals surface area contributed by atoms with E-state index >= 15 is 0 Å². The zero-order valence-electron chi connectivity index (χ0n) is 30.7. The first-order chi connectivity index (χ1) is 24.4. The molecule has 4 aliphatic carbocycles. The molecule has 1 saturated heterocycles. The van der Waals surface area contributed by atoms with E-state index in [-0.39, 0.29) is 70.1 Å². The van der Waals surface area contributed by atoms with Gasteiger partial charge in [-0.3, -0.25) is 14.4 Å². The molecule has 1 aliphatic heterocycles. The number of carbonyl (C=O) groups is 3. The number of hydrogen-bond donors (Lipinski definition) is 4. The van der Waals surface area contributed by atoms with Crippen LogP contribution in [0, 0.1) is 23.7 Å². The molecule has 5 aliphatic rings. The highest BCUT2D eigenvalue weighted by Crippen LogP contribution is 2.45. The highest BCUT2D eigenvalue weighted by atomic mass is 35.5. The maximum Gasteiger partial charge on any atom is 0.306 e. The van der Waals surface area contributed by atoms with Crippen molar-refractivity contribution in [3.8, 4) is 0 Å². The minimum absolute atomic E-state index is 0.0166. The Labute approximate surface area is 311 Å². The lowest BCUT2D eigenvalue weighted by atomic mass is 9.80. The number of alkyl halides is 8. The van der Waals surface area contributed by atoms with Crippen LogP contribution in [0.4, 0.5) is 35.1 Å². The Balaban J connectivity index is 0.000000631. The van der Waals surface area contributed by atoms with Crippen LogP contribution in [0.25, 0.3) is 0 Å². The summed E-state index contributed by atoms with van der Waals surface area (Å²) in [4.78, 5) is 34.5.